The molecule has 0 aromatic carbocycles. The molecule has 0 unspecified atom stereocenters. The molecule has 0 bridgehead atoms. The Morgan fingerprint density at radius 3 is 0.414 bits per heavy atom. The molecule has 0 aromatic heterocycles. The summed E-state index contributed by atoms with van der Waals surface area (Å²) in [6.45, 7) is 3.89. The largest absolute Gasteiger partial charge is 2.00 e. The third-order valence-electron chi connectivity index (χ3n) is 0. The predicted octanol–water partition coefficient (Wildman–Crippen LogP) is -19.8. The first-order chi connectivity index (χ1) is 8.66. The molecule has 0 saturated carbocycles. The van der Waals surface area contributed by atoms with E-state index >= 15 is 0 Å². The van der Waals surface area contributed by atoms with E-state index in [4.69, 9.17) is 54.6 Å². The van der Waals surface area contributed by atoms with E-state index in [9.17, 15) is 0 Å². The average Bonchev–Trinajstić information content (AvgIpc) is 1.94. The molecule has 0 heterocycles. The molecule has 0 amide bonds. The molecule has 0 aliphatic heterocycles. The van der Waals surface area contributed by atoms with Gasteiger partial charge in [0.2, 0.25) is 0 Å². The van der Waals surface area contributed by atoms with Gasteiger partial charge in [-0.25, -0.2) is 0 Å². The van der Waals surface area contributed by atoms with Crippen LogP contribution in [0.1, 0.15) is 27.7 Å². The number of carbonyl (C=O) groups excluding carboxylic acids is 5. The summed E-state index contributed by atoms with van der Waals surface area (Å²) in [5.74, 6) is -4.33. The van der Waals surface area contributed by atoms with Crippen LogP contribution in [0.2, 0.25) is 0 Å². The van der Waals surface area contributed by atoms with E-state index in [1.165, 1.54) is 0 Å². The summed E-state index contributed by atoms with van der Waals surface area (Å²) in [6.07, 6.45) is -2.33. The standard InChI is InChI=1S/4C2H4O2.CH2O3.4K.Pb.4Pd/c4*1-2(3)4;2-1(3)4;;;;;;;;;/h4*1H3,(H,3,4);(H2,2,3,4);;;;;;;;;/q;;;;;4*+1;+2;;;;/p-6. The quantitative estimate of drug-likeness (QED) is 0.207. The summed E-state index contributed by atoms with van der Waals surface area (Å²) in [6, 6.07) is 0. The maximum Gasteiger partial charge on any atom is 2.00 e. The Kier molecular flexibility index (Phi) is 262. The topological polar surface area (TPSA) is 224 Å². The van der Waals surface area contributed by atoms with Gasteiger partial charge in [0, 0.05) is 106 Å². The van der Waals surface area contributed by atoms with Crippen molar-refractivity contribution in [1.82, 2.24) is 0 Å². The van der Waals surface area contributed by atoms with Crippen LogP contribution in [-0.2, 0) is 101 Å². The first kappa shape index (κ1) is 91.0. The number of aliphatic carboxylic acids is 4. The molecule has 0 N–H and O–H groups in total. The monoisotopic (exact) mass is 1080 g/mol. The second kappa shape index (κ2) is 83.5. The van der Waals surface area contributed by atoms with Crippen molar-refractivity contribution in [2.24, 2.45) is 0 Å². The molecule has 2 radical (unpaired) electrons. The minimum atomic E-state index is -2.33. The van der Waals surface area contributed by atoms with Crippen LogP contribution in [-0.4, -0.2) is 57.3 Å². The van der Waals surface area contributed by atoms with Crippen molar-refractivity contribution in [3.8, 4) is 0 Å². The van der Waals surface area contributed by atoms with Crippen molar-refractivity contribution < 1.29 is 342 Å². The van der Waals surface area contributed by atoms with Gasteiger partial charge in [0.05, 0.1) is 0 Å². The summed E-state index contributed by atoms with van der Waals surface area (Å²) in [7, 11) is 0. The minimum Gasteiger partial charge on any atom is -0.652 e. The Hall–Kier alpha value is 7.27. The summed E-state index contributed by atoms with van der Waals surface area (Å²) >= 11 is 0. The predicted molar refractivity (Wildman–Crippen MR) is 53.9 cm³/mol. The fraction of sp³-hybridized carbons (Fsp3) is 0.444. The van der Waals surface area contributed by atoms with Gasteiger partial charge < -0.3 is 54.6 Å². The zero-order valence-electron chi connectivity index (χ0n) is 16.8. The van der Waals surface area contributed by atoms with Crippen LogP contribution >= 0.6 is 0 Å². The van der Waals surface area contributed by atoms with Crippen LogP contribution < -0.4 is 236 Å². The number of carbonyl (C=O) groups is 5. The van der Waals surface area contributed by atoms with E-state index in [1.54, 1.807) is 0 Å². The Labute approximate surface area is 414 Å². The van der Waals surface area contributed by atoms with Crippen molar-refractivity contribution in [3.05, 3.63) is 0 Å². The molecule has 0 aliphatic rings. The molecular weight excluding hydrogens is 1070 g/mol. The van der Waals surface area contributed by atoms with Crippen LogP contribution in [0.5, 0.6) is 0 Å². The van der Waals surface area contributed by atoms with Gasteiger partial charge in [0.25, 0.3) is 0 Å². The van der Waals surface area contributed by atoms with E-state index in [0.29, 0.717) is 0 Å². The van der Waals surface area contributed by atoms with E-state index in [0.717, 1.165) is 27.7 Å². The number of rotatable bonds is 0. The van der Waals surface area contributed by atoms with Crippen molar-refractivity contribution in [3.63, 3.8) is 0 Å². The molecule has 29 heavy (non-hydrogen) atoms. The van der Waals surface area contributed by atoms with Crippen LogP contribution in [0.3, 0.4) is 0 Å². The van der Waals surface area contributed by atoms with Gasteiger partial charge in [-0.05, 0) is 33.9 Å². The molecule has 0 aromatic rings. The number of carboxylic acids is 4. The first-order valence-electron chi connectivity index (χ1n) is 4.25. The average molecular weight is 1090 g/mol. The zero-order chi connectivity index (χ0) is 17.9. The summed E-state index contributed by atoms with van der Waals surface area (Å²) in [5, 5.41) is 52.2. The fourth-order valence-electron chi connectivity index (χ4n) is 0. The molecule has 0 saturated heterocycles. The molecule has 0 rings (SSSR count). The van der Waals surface area contributed by atoms with Crippen molar-refractivity contribution >= 4 is 57.3 Å². The molecule has 162 valence electrons. The number of hydrogen-bond donors (Lipinski definition) is 0. The summed E-state index contributed by atoms with van der Waals surface area (Å²) in [4.78, 5) is 43.9. The Morgan fingerprint density at radius 1 is 0.414 bits per heavy atom. The summed E-state index contributed by atoms with van der Waals surface area (Å²) < 4.78 is 0. The molecule has 0 spiro atoms. The molecular formula is C9H12K4O11PbPd4. The van der Waals surface area contributed by atoms with Gasteiger partial charge in [-0.2, -0.15) is 0 Å². The van der Waals surface area contributed by atoms with Gasteiger partial charge in [0.15, 0.2) is 0 Å². The smallest absolute Gasteiger partial charge is 0.652 e. The minimum absolute atomic E-state index is 0. The van der Waals surface area contributed by atoms with E-state index in [2.05, 4.69) is 0 Å². The Morgan fingerprint density at radius 2 is 0.414 bits per heavy atom. The van der Waals surface area contributed by atoms with E-state index in [-0.39, 0.29) is 315 Å². The SMILES string of the molecule is CC(=O)[O-].CC(=O)[O-].CC(=O)[O-].CC(=O)[O-].O=C([O-])[O-].[K+].[K+].[K+].[K+].[Pb+2].[Pd].[Pd].[Pd].[Pd]. The van der Waals surface area contributed by atoms with Crippen LogP contribution in [0.15, 0.2) is 0 Å². The molecule has 0 atom stereocenters. The van der Waals surface area contributed by atoms with Gasteiger partial charge in [-0.3, -0.25) is 0 Å². The number of hydrogen-bond acceptors (Lipinski definition) is 11. The molecule has 0 aliphatic carbocycles. The third kappa shape index (κ3) is 739. The number of carboxylic acid groups (broad SMARTS) is 6. The fourth-order valence-corrected chi connectivity index (χ4v) is 0. The van der Waals surface area contributed by atoms with E-state index < -0.39 is 30.0 Å². The van der Waals surface area contributed by atoms with Crippen LogP contribution in [0.4, 0.5) is 4.79 Å². The second-order valence-electron chi connectivity index (χ2n) is 2.22. The third-order valence-corrected chi connectivity index (χ3v) is 0. The first-order valence-corrected chi connectivity index (χ1v) is 4.25. The van der Waals surface area contributed by atoms with Gasteiger partial charge >= 0.3 is 233 Å². The normalized spacial score (nSPS) is 4.28. The second-order valence-corrected chi connectivity index (χ2v) is 2.22. The molecule has 0 fully saturated rings. The Balaban J connectivity index is -0.00000000750. The van der Waals surface area contributed by atoms with Gasteiger partial charge in [-0.1, -0.05) is 0 Å². The van der Waals surface area contributed by atoms with E-state index in [1.807, 2.05) is 0 Å². The van der Waals surface area contributed by atoms with Gasteiger partial charge in [-0.15, -0.1) is 0 Å². The Bertz CT molecular complexity index is 243. The molecule has 20 heteroatoms. The van der Waals surface area contributed by atoms with Crippen molar-refractivity contribution in [2.45, 2.75) is 27.7 Å². The molecule has 11 nitrogen and oxygen atoms in total. The van der Waals surface area contributed by atoms with Crippen molar-refractivity contribution in [2.75, 3.05) is 0 Å². The van der Waals surface area contributed by atoms with Gasteiger partial charge in [0.1, 0.15) is 0 Å². The van der Waals surface area contributed by atoms with Crippen LogP contribution in [0.25, 0.3) is 0 Å². The maximum atomic E-state index is 8.89. The maximum absolute atomic E-state index is 8.89. The van der Waals surface area contributed by atoms with Crippen molar-refractivity contribution in [1.29, 1.82) is 0 Å². The van der Waals surface area contributed by atoms with Crippen LogP contribution in [0, 0.1) is 0 Å². The zero-order valence-corrected chi connectivity index (χ0v) is 39.4. The summed E-state index contributed by atoms with van der Waals surface area (Å²) in [5.41, 5.74) is 0.